The maximum absolute atomic E-state index is 5.68. The van der Waals surface area contributed by atoms with Gasteiger partial charge in [-0.2, -0.15) is 4.98 Å². The molecule has 17 heavy (non-hydrogen) atoms. The third-order valence-electron chi connectivity index (χ3n) is 2.31. The van der Waals surface area contributed by atoms with Crippen LogP contribution in [0.4, 0.5) is 0 Å². The average molecular weight is 249 g/mol. The number of rotatable bonds is 4. The summed E-state index contributed by atoms with van der Waals surface area (Å²) in [5, 5.41) is 3.95. The van der Waals surface area contributed by atoms with E-state index in [9.17, 15) is 0 Å². The van der Waals surface area contributed by atoms with E-state index in [0.29, 0.717) is 18.1 Å². The smallest absolute Gasteiger partial charge is 0.228 e. The molecule has 0 bridgehead atoms. The first-order chi connectivity index (χ1) is 8.19. The van der Waals surface area contributed by atoms with Crippen molar-refractivity contribution in [1.82, 2.24) is 10.1 Å². The molecule has 0 fully saturated rings. The van der Waals surface area contributed by atoms with Gasteiger partial charge in [-0.3, -0.25) is 0 Å². The summed E-state index contributed by atoms with van der Waals surface area (Å²) >= 11 is 1.71. The highest BCUT2D eigenvalue weighted by Crippen LogP contribution is 2.20. The largest absolute Gasteiger partial charge is 0.339 e. The van der Waals surface area contributed by atoms with Crippen molar-refractivity contribution in [3.05, 3.63) is 30.2 Å². The van der Waals surface area contributed by atoms with Crippen LogP contribution >= 0.6 is 11.8 Å². The monoisotopic (exact) mass is 249 g/mol. The summed E-state index contributed by atoms with van der Waals surface area (Å²) in [5.74, 6) is 1.21. The van der Waals surface area contributed by atoms with Crippen molar-refractivity contribution >= 4 is 11.8 Å². The Morgan fingerprint density at radius 1 is 1.35 bits per heavy atom. The lowest BCUT2D eigenvalue weighted by Crippen LogP contribution is -2.17. The molecule has 0 saturated carbocycles. The molecule has 1 atom stereocenters. The minimum atomic E-state index is 0.0298. The van der Waals surface area contributed by atoms with E-state index in [-0.39, 0.29) is 6.04 Å². The lowest BCUT2D eigenvalue weighted by atomic mass is 10.2. The van der Waals surface area contributed by atoms with Crippen molar-refractivity contribution < 1.29 is 4.52 Å². The van der Waals surface area contributed by atoms with Crippen LogP contribution in [-0.4, -0.2) is 22.4 Å². The number of benzene rings is 1. The molecule has 2 N–H and O–H groups in total. The molecule has 2 rings (SSSR count). The van der Waals surface area contributed by atoms with Crippen LogP contribution in [0.1, 0.15) is 12.8 Å². The minimum Gasteiger partial charge on any atom is -0.339 e. The highest BCUT2D eigenvalue weighted by Gasteiger charge is 2.09. The first-order valence-electron chi connectivity index (χ1n) is 5.41. The van der Waals surface area contributed by atoms with E-state index in [0.717, 1.165) is 5.56 Å². The fourth-order valence-electron chi connectivity index (χ4n) is 1.47. The molecule has 0 aliphatic carbocycles. The van der Waals surface area contributed by atoms with Gasteiger partial charge in [0.05, 0.1) is 0 Å². The van der Waals surface area contributed by atoms with Crippen LogP contribution in [0.3, 0.4) is 0 Å². The summed E-state index contributed by atoms with van der Waals surface area (Å²) in [6, 6.07) is 8.10. The standard InChI is InChI=1S/C12H15N3OS/c1-8(13)7-11-14-12(15-16-11)9-3-5-10(17-2)6-4-9/h3-6,8H,7,13H2,1-2H3. The fourth-order valence-corrected chi connectivity index (χ4v) is 1.88. The summed E-state index contributed by atoms with van der Waals surface area (Å²) in [5.41, 5.74) is 6.64. The van der Waals surface area contributed by atoms with Gasteiger partial charge in [-0.05, 0) is 37.4 Å². The number of nitrogens with zero attached hydrogens (tertiary/aromatic N) is 2. The Hall–Kier alpha value is -1.33. The molecule has 1 aromatic carbocycles. The second-order valence-electron chi connectivity index (χ2n) is 3.92. The van der Waals surface area contributed by atoms with Crippen molar-refractivity contribution in [3.8, 4) is 11.4 Å². The molecule has 0 spiro atoms. The maximum Gasteiger partial charge on any atom is 0.228 e. The fraction of sp³-hybridized carbons (Fsp3) is 0.333. The van der Waals surface area contributed by atoms with E-state index in [1.165, 1.54) is 4.90 Å². The summed E-state index contributed by atoms with van der Waals surface area (Å²) in [4.78, 5) is 5.53. The predicted octanol–water partition coefficient (Wildman–Crippen LogP) is 2.35. The van der Waals surface area contributed by atoms with E-state index in [1.807, 2.05) is 37.4 Å². The zero-order valence-corrected chi connectivity index (χ0v) is 10.7. The summed E-state index contributed by atoms with van der Waals surface area (Å²) in [6.07, 6.45) is 2.65. The van der Waals surface area contributed by atoms with E-state index < -0.39 is 0 Å². The van der Waals surface area contributed by atoms with E-state index in [2.05, 4.69) is 10.1 Å². The normalized spacial score (nSPS) is 12.6. The van der Waals surface area contributed by atoms with Crippen LogP contribution in [0.5, 0.6) is 0 Å². The first kappa shape index (κ1) is 12.1. The lowest BCUT2D eigenvalue weighted by Gasteiger charge is -1.98. The Balaban J connectivity index is 2.18. The second-order valence-corrected chi connectivity index (χ2v) is 4.80. The van der Waals surface area contributed by atoms with Gasteiger partial charge in [0.25, 0.3) is 0 Å². The molecule has 5 heteroatoms. The van der Waals surface area contributed by atoms with Crippen molar-refractivity contribution in [2.45, 2.75) is 24.3 Å². The lowest BCUT2D eigenvalue weighted by molar-refractivity contribution is 0.372. The predicted molar refractivity (Wildman–Crippen MR) is 68.9 cm³/mol. The van der Waals surface area contributed by atoms with Gasteiger partial charge in [0, 0.05) is 22.9 Å². The molecule has 0 aliphatic heterocycles. The van der Waals surface area contributed by atoms with Gasteiger partial charge >= 0.3 is 0 Å². The van der Waals surface area contributed by atoms with E-state index in [4.69, 9.17) is 10.3 Å². The molecule has 4 nitrogen and oxygen atoms in total. The molecule has 1 unspecified atom stereocenters. The Morgan fingerprint density at radius 2 is 2.06 bits per heavy atom. The Morgan fingerprint density at radius 3 is 2.65 bits per heavy atom. The van der Waals surface area contributed by atoms with E-state index in [1.54, 1.807) is 11.8 Å². The Bertz CT molecular complexity index is 479. The zero-order chi connectivity index (χ0) is 12.3. The molecular formula is C12H15N3OS. The summed E-state index contributed by atoms with van der Waals surface area (Å²) in [7, 11) is 0. The molecule has 0 saturated heterocycles. The molecule has 1 aromatic heterocycles. The van der Waals surface area contributed by atoms with Crippen LogP contribution < -0.4 is 5.73 Å². The number of nitrogens with two attached hydrogens (primary N) is 1. The van der Waals surface area contributed by atoms with Gasteiger partial charge in [0.1, 0.15) is 0 Å². The Kier molecular flexibility index (Phi) is 3.81. The maximum atomic E-state index is 5.68. The third kappa shape index (κ3) is 3.08. The zero-order valence-electron chi connectivity index (χ0n) is 9.88. The topological polar surface area (TPSA) is 64.9 Å². The first-order valence-corrected chi connectivity index (χ1v) is 6.64. The molecule has 90 valence electrons. The van der Waals surface area contributed by atoms with Gasteiger partial charge in [-0.15, -0.1) is 11.8 Å². The van der Waals surface area contributed by atoms with Crippen LogP contribution in [0, 0.1) is 0 Å². The van der Waals surface area contributed by atoms with Crippen molar-refractivity contribution in [2.24, 2.45) is 5.73 Å². The Labute approximate surface area is 105 Å². The molecule has 0 amide bonds. The van der Waals surface area contributed by atoms with E-state index >= 15 is 0 Å². The number of hydrogen-bond donors (Lipinski definition) is 1. The summed E-state index contributed by atoms with van der Waals surface area (Å²) < 4.78 is 5.14. The number of thioether (sulfide) groups is 1. The quantitative estimate of drug-likeness (QED) is 0.843. The van der Waals surface area contributed by atoms with Gasteiger partial charge < -0.3 is 10.3 Å². The average Bonchev–Trinajstić information content (AvgIpc) is 2.77. The highest BCUT2D eigenvalue weighted by molar-refractivity contribution is 7.98. The second kappa shape index (κ2) is 5.33. The van der Waals surface area contributed by atoms with Crippen LogP contribution in [0.15, 0.2) is 33.7 Å². The van der Waals surface area contributed by atoms with Crippen molar-refractivity contribution in [2.75, 3.05) is 6.26 Å². The third-order valence-corrected chi connectivity index (χ3v) is 3.06. The SMILES string of the molecule is CSc1ccc(-c2noc(CC(C)N)n2)cc1. The number of aromatic nitrogens is 2. The van der Waals surface area contributed by atoms with Gasteiger partial charge in [-0.1, -0.05) is 5.16 Å². The number of hydrogen-bond acceptors (Lipinski definition) is 5. The van der Waals surface area contributed by atoms with Gasteiger partial charge in [-0.25, -0.2) is 0 Å². The molecule has 2 aromatic rings. The van der Waals surface area contributed by atoms with Crippen LogP contribution in [-0.2, 0) is 6.42 Å². The van der Waals surface area contributed by atoms with Crippen LogP contribution in [0.25, 0.3) is 11.4 Å². The van der Waals surface area contributed by atoms with Gasteiger partial charge in [0.2, 0.25) is 11.7 Å². The molecule has 1 heterocycles. The molecule has 0 radical (unpaired) electrons. The summed E-state index contributed by atoms with van der Waals surface area (Å²) in [6.45, 7) is 1.91. The molecular weight excluding hydrogens is 234 g/mol. The highest BCUT2D eigenvalue weighted by atomic mass is 32.2. The minimum absolute atomic E-state index is 0.0298. The van der Waals surface area contributed by atoms with Crippen molar-refractivity contribution in [1.29, 1.82) is 0 Å². The van der Waals surface area contributed by atoms with Crippen molar-refractivity contribution in [3.63, 3.8) is 0 Å². The molecule has 0 aliphatic rings. The van der Waals surface area contributed by atoms with Crippen LogP contribution in [0.2, 0.25) is 0 Å². The van der Waals surface area contributed by atoms with Gasteiger partial charge in [0.15, 0.2) is 0 Å².